The summed E-state index contributed by atoms with van der Waals surface area (Å²) in [5, 5.41) is 1.95. The first kappa shape index (κ1) is 15.5. The normalized spacial score (nSPS) is 12.6. The highest BCUT2D eigenvalue weighted by atomic mass is 32.1. The monoisotopic (exact) mass is 343 g/mol. The van der Waals surface area contributed by atoms with Crippen molar-refractivity contribution in [2.24, 2.45) is 0 Å². The van der Waals surface area contributed by atoms with Crippen LogP contribution >= 0.6 is 22.7 Å². The third-order valence-electron chi connectivity index (χ3n) is 3.13. The van der Waals surface area contributed by atoms with Gasteiger partial charge in [-0.25, -0.2) is 0 Å². The van der Waals surface area contributed by atoms with Gasteiger partial charge in [-0.05, 0) is 41.8 Å². The van der Waals surface area contributed by atoms with E-state index in [2.05, 4.69) is 4.98 Å². The molecule has 0 bridgehead atoms. The van der Waals surface area contributed by atoms with Crippen LogP contribution in [0.3, 0.4) is 0 Å². The molecule has 1 N–H and O–H groups in total. The van der Waals surface area contributed by atoms with Crippen LogP contribution in [0, 0.1) is 0 Å². The molecule has 0 aliphatic rings. The van der Waals surface area contributed by atoms with Crippen molar-refractivity contribution >= 4 is 40.6 Å². The van der Waals surface area contributed by atoms with Crippen LogP contribution in [-0.4, -0.2) is 17.9 Å². The lowest BCUT2D eigenvalue weighted by atomic mass is 10.1. The number of aromatic amines is 1. The number of aromatic nitrogens is 1. The summed E-state index contributed by atoms with van der Waals surface area (Å²) in [7, 11) is 1.57. The number of hydrogen-bond donors (Lipinski definition) is 1. The number of H-pyrrole nitrogens is 1. The highest BCUT2D eigenvalue weighted by molar-refractivity contribution is 7.11. The predicted octanol–water partition coefficient (Wildman–Crippen LogP) is 2.00. The average Bonchev–Trinajstić information content (AvgIpc) is 3.18. The van der Waals surface area contributed by atoms with E-state index in [1.165, 1.54) is 17.4 Å². The Morgan fingerprint density at radius 2 is 2.00 bits per heavy atom. The van der Waals surface area contributed by atoms with Gasteiger partial charge in [0, 0.05) is 16.5 Å². The van der Waals surface area contributed by atoms with Crippen LogP contribution in [0.5, 0.6) is 5.75 Å². The maximum absolute atomic E-state index is 12.2. The third-order valence-corrected chi connectivity index (χ3v) is 4.92. The molecule has 0 aliphatic heterocycles. The Bertz CT molecular complexity index is 980. The Labute approximate surface area is 140 Å². The van der Waals surface area contributed by atoms with Gasteiger partial charge in [0.1, 0.15) is 5.75 Å². The van der Waals surface area contributed by atoms with Crippen molar-refractivity contribution in [2.45, 2.75) is 0 Å². The second kappa shape index (κ2) is 6.76. The first-order valence-corrected chi connectivity index (χ1v) is 8.50. The van der Waals surface area contributed by atoms with E-state index in [-0.39, 0.29) is 11.3 Å². The molecule has 0 aliphatic carbocycles. The zero-order valence-electron chi connectivity index (χ0n) is 12.2. The standard InChI is InChI=1S/C17H13NO3S2/c1-21-12-6-4-11(5-7-12)14(19)10-16-18-17(20)15(23-16)9-13-3-2-8-22-13/h2-10H,1H3,(H,18,20)/b15-9-,16-10-. The Hall–Kier alpha value is -2.44. The van der Waals surface area contributed by atoms with E-state index in [1.807, 2.05) is 23.6 Å². The van der Waals surface area contributed by atoms with E-state index in [1.54, 1.807) is 42.7 Å². The summed E-state index contributed by atoms with van der Waals surface area (Å²) >= 11 is 2.83. The number of ketones is 1. The van der Waals surface area contributed by atoms with Crippen LogP contribution in [0.1, 0.15) is 15.2 Å². The van der Waals surface area contributed by atoms with E-state index in [0.29, 0.717) is 20.5 Å². The Morgan fingerprint density at radius 3 is 2.65 bits per heavy atom. The summed E-state index contributed by atoms with van der Waals surface area (Å²) in [5.74, 6) is 0.534. The molecule has 3 rings (SSSR count). The number of carbonyl (C=O) groups is 1. The Balaban J connectivity index is 1.93. The number of nitrogens with one attached hydrogen (secondary N) is 1. The fourth-order valence-corrected chi connectivity index (χ4v) is 3.59. The number of benzene rings is 1. The number of Topliss-reactive ketones (excluding diaryl/α,β-unsaturated/α-hetero) is 1. The largest absolute Gasteiger partial charge is 0.497 e. The van der Waals surface area contributed by atoms with Crippen molar-refractivity contribution in [1.82, 2.24) is 4.98 Å². The molecule has 0 fully saturated rings. The van der Waals surface area contributed by atoms with E-state index in [0.717, 1.165) is 4.88 Å². The molecule has 0 saturated heterocycles. The summed E-state index contributed by atoms with van der Waals surface area (Å²) in [6, 6.07) is 10.7. The fourth-order valence-electron chi connectivity index (χ4n) is 1.98. The SMILES string of the molecule is COc1ccc(C(=O)/C=c2/[nH]c(=O)/c(=C/c3cccs3)s2)cc1. The molecule has 3 aromatic rings. The fraction of sp³-hybridized carbons (Fsp3) is 0.0588. The van der Waals surface area contributed by atoms with Crippen LogP contribution < -0.4 is 19.5 Å². The second-order valence-corrected chi connectivity index (χ2v) is 6.74. The molecule has 0 radical (unpaired) electrons. The smallest absolute Gasteiger partial charge is 0.266 e. The van der Waals surface area contributed by atoms with Gasteiger partial charge in [-0.2, -0.15) is 0 Å². The molecule has 4 nitrogen and oxygen atoms in total. The van der Waals surface area contributed by atoms with Gasteiger partial charge in [0.05, 0.1) is 16.3 Å². The number of carbonyl (C=O) groups excluding carboxylic acids is 1. The topological polar surface area (TPSA) is 59.2 Å². The van der Waals surface area contributed by atoms with E-state index < -0.39 is 0 Å². The zero-order valence-corrected chi connectivity index (χ0v) is 13.9. The van der Waals surface area contributed by atoms with E-state index >= 15 is 0 Å². The van der Waals surface area contributed by atoms with Gasteiger partial charge in [-0.3, -0.25) is 9.59 Å². The minimum atomic E-state index is -0.183. The molecule has 2 heterocycles. The molecule has 0 unspecified atom stereocenters. The van der Waals surface area contributed by atoms with Gasteiger partial charge in [0.15, 0.2) is 5.78 Å². The number of thiophene rings is 1. The molecule has 0 spiro atoms. The number of rotatable bonds is 4. The average molecular weight is 343 g/mol. The lowest BCUT2D eigenvalue weighted by Gasteiger charge is -1.99. The molecule has 0 saturated carbocycles. The lowest BCUT2D eigenvalue weighted by Crippen LogP contribution is -2.19. The maximum Gasteiger partial charge on any atom is 0.266 e. The molecule has 1 aromatic carbocycles. The van der Waals surface area contributed by atoms with Gasteiger partial charge in [0.25, 0.3) is 5.56 Å². The van der Waals surface area contributed by atoms with Crippen LogP contribution in [-0.2, 0) is 0 Å². The second-order valence-electron chi connectivity index (χ2n) is 4.68. The van der Waals surface area contributed by atoms with Crippen LogP contribution in [0.2, 0.25) is 0 Å². The van der Waals surface area contributed by atoms with Crippen molar-refractivity contribution in [3.63, 3.8) is 0 Å². The third kappa shape index (κ3) is 3.67. The summed E-state index contributed by atoms with van der Waals surface area (Å²) in [4.78, 5) is 27.9. The summed E-state index contributed by atoms with van der Waals surface area (Å²) < 4.78 is 6.19. The van der Waals surface area contributed by atoms with Crippen molar-refractivity contribution in [3.05, 3.63) is 71.8 Å². The van der Waals surface area contributed by atoms with Crippen LogP contribution in [0.15, 0.2) is 46.6 Å². The molecular formula is C17H13NO3S2. The number of thiazole rings is 1. The molecule has 116 valence electrons. The molecule has 0 atom stereocenters. The molecule has 6 heteroatoms. The minimum absolute atomic E-state index is 0.159. The van der Waals surface area contributed by atoms with Gasteiger partial charge in [-0.15, -0.1) is 22.7 Å². The van der Waals surface area contributed by atoms with Gasteiger partial charge < -0.3 is 9.72 Å². The highest BCUT2D eigenvalue weighted by Gasteiger charge is 2.04. The summed E-state index contributed by atoms with van der Waals surface area (Å²) in [6.07, 6.45) is 3.27. The lowest BCUT2D eigenvalue weighted by molar-refractivity contribution is 0.106. The quantitative estimate of drug-likeness (QED) is 0.737. The highest BCUT2D eigenvalue weighted by Crippen LogP contribution is 2.12. The van der Waals surface area contributed by atoms with Crippen molar-refractivity contribution < 1.29 is 9.53 Å². The first-order chi connectivity index (χ1) is 11.2. The molecule has 23 heavy (non-hydrogen) atoms. The van der Waals surface area contributed by atoms with E-state index in [9.17, 15) is 9.59 Å². The predicted molar refractivity (Wildman–Crippen MR) is 93.9 cm³/mol. The molecular weight excluding hydrogens is 330 g/mol. The van der Waals surface area contributed by atoms with Gasteiger partial charge in [0.2, 0.25) is 0 Å². The Morgan fingerprint density at radius 1 is 1.22 bits per heavy atom. The van der Waals surface area contributed by atoms with Crippen LogP contribution in [0.25, 0.3) is 12.2 Å². The van der Waals surface area contributed by atoms with Crippen molar-refractivity contribution in [2.75, 3.05) is 7.11 Å². The minimum Gasteiger partial charge on any atom is -0.497 e. The summed E-state index contributed by atoms with van der Waals surface area (Å²) in [5.41, 5.74) is 0.362. The molecule has 0 amide bonds. The van der Waals surface area contributed by atoms with Crippen molar-refractivity contribution in [3.8, 4) is 5.75 Å². The zero-order chi connectivity index (χ0) is 16.2. The summed E-state index contributed by atoms with van der Waals surface area (Å²) in [6.45, 7) is 0. The van der Waals surface area contributed by atoms with Gasteiger partial charge >= 0.3 is 0 Å². The van der Waals surface area contributed by atoms with Crippen molar-refractivity contribution in [1.29, 1.82) is 0 Å². The van der Waals surface area contributed by atoms with E-state index in [4.69, 9.17) is 4.74 Å². The number of hydrogen-bond acceptors (Lipinski definition) is 5. The Kier molecular flexibility index (Phi) is 4.55. The van der Waals surface area contributed by atoms with Gasteiger partial charge in [-0.1, -0.05) is 6.07 Å². The van der Waals surface area contributed by atoms with Crippen LogP contribution in [0.4, 0.5) is 0 Å². The number of methoxy groups -OCH3 is 1. The molecule has 2 aromatic heterocycles. The first-order valence-electron chi connectivity index (χ1n) is 6.80. The maximum atomic E-state index is 12.2. The number of ether oxygens (including phenoxy) is 1.